The molecule has 3 nitrogen and oxygen atoms in total. The SMILES string of the molecule is Cc1cc2c(cc1C(=O)COC1CCC3(CCC(C)CC3)O1)C(C)(C)CC(C)C2(C)C. The summed E-state index contributed by atoms with van der Waals surface area (Å²) in [6.07, 6.45) is 7.63. The van der Waals surface area contributed by atoms with Gasteiger partial charge in [-0.05, 0) is 90.9 Å². The van der Waals surface area contributed by atoms with Gasteiger partial charge in [-0.25, -0.2) is 0 Å². The fourth-order valence-electron chi connectivity index (χ4n) is 6.29. The van der Waals surface area contributed by atoms with Gasteiger partial charge in [-0.1, -0.05) is 47.6 Å². The number of hydrogen-bond acceptors (Lipinski definition) is 3. The maximum absolute atomic E-state index is 13.2. The molecule has 0 bridgehead atoms. The Morgan fingerprint density at radius 2 is 1.68 bits per heavy atom. The molecule has 31 heavy (non-hydrogen) atoms. The minimum absolute atomic E-state index is 0.00820. The van der Waals surface area contributed by atoms with Crippen LogP contribution in [0.3, 0.4) is 0 Å². The van der Waals surface area contributed by atoms with Gasteiger partial charge in [0.1, 0.15) is 6.61 Å². The number of aryl methyl sites for hydroxylation is 1. The second-order valence-corrected chi connectivity index (χ2v) is 12.1. The third-order valence-electron chi connectivity index (χ3n) is 8.94. The van der Waals surface area contributed by atoms with Crippen molar-refractivity contribution in [2.75, 3.05) is 6.61 Å². The van der Waals surface area contributed by atoms with E-state index < -0.39 is 0 Å². The molecule has 2 aliphatic carbocycles. The second kappa shape index (κ2) is 7.99. The number of rotatable bonds is 4. The van der Waals surface area contributed by atoms with Gasteiger partial charge in [0.15, 0.2) is 12.1 Å². The summed E-state index contributed by atoms with van der Waals surface area (Å²) in [7, 11) is 0. The topological polar surface area (TPSA) is 35.5 Å². The zero-order chi connectivity index (χ0) is 22.6. The van der Waals surface area contributed by atoms with Gasteiger partial charge in [-0.3, -0.25) is 4.79 Å². The number of carbonyl (C=O) groups excluding carboxylic acids is 1. The molecule has 3 heteroatoms. The Kier molecular flexibility index (Phi) is 5.92. The van der Waals surface area contributed by atoms with Crippen molar-refractivity contribution in [1.29, 1.82) is 0 Å². The highest BCUT2D eigenvalue weighted by molar-refractivity contribution is 5.98. The van der Waals surface area contributed by atoms with Crippen LogP contribution in [0, 0.1) is 18.8 Å². The first-order valence-electron chi connectivity index (χ1n) is 12.4. The summed E-state index contributed by atoms with van der Waals surface area (Å²) in [6.45, 7) is 16.2. The van der Waals surface area contributed by atoms with E-state index in [1.54, 1.807) is 0 Å². The van der Waals surface area contributed by atoms with E-state index in [1.807, 2.05) is 0 Å². The lowest BCUT2D eigenvalue weighted by atomic mass is 9.58. The van der Waals surface area contributed by atoms with Crippen LogP contribution in [-0.2, 0) is 20.3 Å². The third-order valence-corrected chi connectivity index (χ3v) is 8.94. The van der Waals surface area contributed by atoms with Crippen LogP contribution < -0.4 is 0 Å². The maximum atomic E-state index is 13.2. The monoisotopic (exact) mass is 426 g/mol. The highest BCUT2D eigenvalue weighted by atomic mass is 16.7. The summed E-state index contributed by atoms with van der Waals surface area (Å²) in [4.78, 5) is 13.2. The van der Waals surface area contributed by atoms with Crippen molar-refractivity contribution in [2.45, 2.75) is 116 Å². The lowest BCUT2D eigenvalue weighted by Gasteiger charge is -2.47. The highest BCUT2D eigenvalue weighted by Crippen LogP contribution is 2.49. The summed E-state index contributed by atoms with van der Waals surface area (Å²) in [6, 6.07) is 4.44. The smallest absolute Gasteiger partial charge is 0.188 e. The van der Waals surface area contributed by atoms with E-state index in [1.165, 1.54) is 24.0 Å². The largest absolute Gasteiger partial charge is 0.346 e. The zero-order valence-electron chi connectivity index (χ0n) is 20.8. The predicted molar refractivity (Wildman–Crippen MR) is 126 cm³/mol. The molecule has 2 fully saturated rings. The molecule has 1 spiro atoms. The fraction of sp³-hybridized carbons (Fsp3) is 0.750. The van der Waals surface area contributed by atoms with Crippen LogP contribution in [0.2, 0.25) is 0 Å². The first-order chi connectivity index (χ1) is 14.4. The summed E-state index contributed by atoms with van der Waals surface area (Å²) < 4.78 is 12.4. The molecular formula is C28H42O3. The summed E-state index contributed by atoms with van der Waals surface area (Å²) in [5.41, 5.74) is 4.82. The van der Waals surface area contributed by atoms with E-state index in [2.05, 4.69) is 60.6 Å². The number of ether oxygens (including phenoxy) is 2. The zero-order valence-corrected chi connectivity index (χ0v) is 20.8. The van der Waals surface area contributed by atoms with Gasteiger partial charge in [0, 0.05) is 12.0 Å². The van der Waals surface area contributed by atoms with Crippen molar-refractivity contribution < 1.29 is 14.3 Å². The molecule has 1 heterocycles. The molecule has 2 atom stereocenters. The highest BCUT2D eigenvalue weighted by Gasteiger charge is 2.44. The van der Waals surface area contributed by atoms with Crippen LogP contribution in [0.15, 0.2) is 12.1 Å². The Morgan fingerprint density at radius 3 is 2.35 bits per heavy atom. The summed E-state index contributed by atoms with van der Waals surface area (Å²) in [5, 5.41) is 0. The van der Waals surface area contributed by atoms with Gasteiger partial charge in [0.25, 0.3) is 0 Å². The average molecular weight is 427 g/mol. The van der Waals surface area contributed by atoms with Gasteiger partial charge in [0.05, 0.1) is 5.60 Å². The molecular weight excluding hydrogens is 384 g/mol. The van der Waals surface area contributed by atoms with E-state index in [0.29, 0.717) is 5.92 Å². The number of fused-ring (bicyclic) bond motifs is 1. The Bertz CT molecular complexity index is 842. The molecule has 1 aromatic rings. The maximum Gasteiger partial charge on any atom is 0.188 e. The quantitative estimate of drug-likeness (QED) is 0.493. The van der Waals surface area contributed by atoms with Crippen LogP contribution in [-0.4, -0.2) is 24.3 Å². The minimum atomic E-state index is -0.230. The van der Waals surface area contributed by atoms with E-state index >= 15 is 0 Å². The minimum Gasteiger partial charge on any atom is -0.346 e. The average Bonchev–Trinajstić information content (AvgIpc) is 3.10. The first-order valence-corrected chi connectivity index (χ1v) is 12.4. The molecule has 3 aliphatic rings. The molecule has 0 amide bonds. The molecule has 4 rings (SSSR count). The van der Waals surface area contributed by atoms with Crippen molar-refractivity contribution in [1.82, 2.24) is 0 Å². The van der Waals surface area contributed by atoms with E-state index in [9.17, 15) is 4.79 Å². The van der Waals surface area contributed by atoms with Crippen LogP contribution in [0.4, 0.5) is 0 Å². The molecule has 172 valence electrons. The summed E-state index contributed by atoms with van der Waals surface area (Å²) in [5.74, 6) is 1.49. The van der Waals surface area contributed by atoms with Crippen LogP contribution >= 0.6 is 0 Å². The van der Waals surface area contributed by atoms with Gasteiger partial charge < -0.3 is 9.47 Å². The van der Waals surface area contributed by atoms with Crippen LogP contribution in [0.25, 0.3) is 0 Å². The van der Waals surface area contributed by atoms with Gasteiger partial charge in [-0.2, -0.15) is 0 Å². The lowest BCUT2D eigenvalue weighted by molar-refractivity contribution is -0.174. The Hall–Kier alpha value is -1.19. The number of hydrogen-bond donors (Lipinski definition) is 0. The molecule has 0 N–H and O–H groups in total. The van der Waals surface area contributed by atoms with Gasteiger partial charge in [0.2, 0.25) is 0 Å². The van der Waals surface area contributed by atoms with E-state index in [0.717, 1.165) is 49.1 Å². The summed E-state index contributed by atoms with van der Waals surface area (Å²) >= 11 is 0. The Balaban J connectivity index is 1.46. The van der Waals surface area contributed by atoms with Crippen LogP contribution in [0.1, 0.15) is 114 Å². The van der Waals surface area contributed by atoms with Crippen molar-refractivity contribution >= 4 is 5.78 Å². The standard InChI is InChI=1S/C28H42O3/c1-18-8-11-28(12-9-18)13-10-25(31-28)30-17-24(29)21-15-22-23(14-19(21)2)27(6,7)20(3)16-26(22,4)5/h14-15,18,20,25H,8-13,16-17H2,1-7H3. The molecule has 1 saturated carbocycles. The first kappa shape index (κ1) is 23.0. The van der Waals surface area contributed by atoms with E-state index in [4.69, 9.17) is 9.47 Å². The number of carbonyl (C=O) groups is 1. The molecule has 0 aromatic heterocycles. The van der Waals surface area contributed by atoms with Crippen molar-refractivity contribution in [3.05, 3.63) is 34.4 Å². The third kappa shape index (κ3) is 4.25. The van der Waals surface area contributed by atoms with Crippen molar-refractivity contribution in [2.24, 2.45) is 11.8 Å². The number of Topliss-reactive ketones (excluding diaryl/α,β-unsaturated/α-hetero) is 1. The molecule has 1 saturated heterocycles. The molecule has 0 radical (unpaired) electrons. The molecule has 1 aliphatic heterocycles. The van der Waals surface area contributed by atoms with Crippen LogP contribution in [0.5, 0.6) is 0 Å². The lowest BCUT2D eigenvalue weighted by Crippen LogP contribution is -2.40. The molecule has 2 unspecified atom stereocenters. The normalized spacial score (nSPS) is 29.1. The molecule has 1 aromatic carbocycles. The van der Waals surface area contributed by atoms with E-state index in [-0.39, 0.29) is 35.1 Å². The van der Waals surface area contributed by atoms with Gasteiger partial charge >= 0.3 is 0 Å². The number of benzene rings is 1. The Morgan fingerprint density at radius 1 is 1.03 bits per heavy atom. The second-order valence-electron chi connectivity index (χ2n) is 12.1. The van der Waals surface area contributed by atoms with Crippen molar-refractivity contribution in [3.63, 3.8) is 0 Å². The van der Waals surface area contributed by atoms with Gasteiger partial charge in [-0.15, -0.1) is 0 Å². The fourth-order valence-corrected chi connectivity index (χ4v) is 6.29. The Labute approximate surface area is 189 Å². The number of ketones is 1. The predicted octanol–water partition coefficient (Wildman–Crippen LogP) is 6.87. The van der Waals surface area contributed by atoms with Crippen molar-refractivity contribution in [3.8, 4) is 0 Å².